The average molecular weight is 243 g/mol. The number of sulfone groups is 1. The fraction of sp³-hybridized carbons (Fsp3) is 0.455. The third-order valence-electron chi connectivity index (χ3n) is 2.24. The molecule has 0 spiro atoms. The highest BCUT2D eigenvalue weighted by Gasteiger charge is 2.10. The summed E-state index contributed by atoms with van der Waals surface area (Å²) in [4.78, 5) is 0.380. The van der Waals surface area contributed by atoms with Crippen LogP contribution in [0.3, 0.4) is 0 Å². The lowest BCUT2D eigenvalue weighted by atomic mass is 10.2. The third kappa shape index (κ3) is 3.59. The number of hydrogen-bond acceptors (Lipinski definition) is 4. The van der Waals surface area contributed by atoms with Crippen LogP contribution in [0.2, 0.25) is 0 Å². The van der Waals surface area contributed by atoms with E-state index >= 15 is 0 Å². The maximum Gasteiger partial charge on any atom is 0.178 e. The molecule has 0 aliphatic carbocycles. The Morgan fingerprint density at radius 3 is 2.38 bits per heavy atom. The van der Waals surface area contributed by atoms with Gasteiger partial charge < -0.3 is 4.74 Å². The normalized spacial score (nSPS) is 11.6. The molecule has 0 unspecified atom stereocenters. The van der Waals surface area contributed by atoms with Gasteiger partial charge in [-0.05, 0) is 17.7 Å². The monoisotopic (exact) mass is 243 g/mol. The summed E-state index contributed by atoms with van der Waals surface area (Å²) in [5, 5.41) is 3.05. The number of benzene rings is 1. The van der Waals surface area contributed by atoms with Crippen LogP contribution in [0.15, 0.2) is 29.2 Å². The summed E-state index contributed by atoms with van der Waals surface area (Å²) in [5.41, 5.74) is 1.03. The number of hydrogen-bond donors (Lipinski definition) is 1. The van der Waals surface area contributed by atoms with Crippen molar-refractivity contribution in [1.29, 1.82) is 0 Å². The van der Waals surface area contributed by atoms with E-state index in [4.69, 9.17) is 4.74 Å². The van der Waals surface area contributed by atoms with Crippen LogP contribution >= 0.6 is 0 Å². The van der Waals surface area contributed by atoms with Gasteiger partial charge in [-0.15, -0.1) is 0 Å². The van der Waals surface area contributed by atoms with Gasteiger partial charge in [-0.1, -0.05) is 19.1 Å². The molecular formula is C11H17NO3S. The molecule has 5 heteroatoms. The van der Waals surface area contributed by atoms with Gasteiger partial charge in [0.1, 0.15) is 0 Å². The first-order valence-electron chi connectivity index (χ1n) is 5.11. The van der Waals surface area contributed by atoms with Crippen LogP contribution < -0.4 is 5.32 Å². The smallest absolute Gasteiger partial charge is 0.178 e. The molecule has 0 heterocycles. The molecule has 1 rings (SSSR count). The first kappa shape index (κ1) is 13.2. The molecule has 0 radical (unpaired) electrons. The predicted molar refractivity (Wildman–Crippen MR) is 62.9 cm³/mol. The van der Waals surface area contributed by atoms with Gasteiger partial charge in [0.2, 0.25) is 0 Å². The van der Waals surface area contributed by atoms with E-state index < -0.39 is 9.84 Å². The number of rotatable bonds is 6. The molecule has 0 atom stereocenters. The Bertz CT molecular complexity index is 411. The van der Waals surface area contributed by atoms with Crippen molar-refractivity contribution < 1.29 is 13.2 Å². The van der Waals surface area contributed by atoms with E-state index in [1.807, 2.05) is 12.1 Å². The molecule has 1 N–H and O–H groups in total. The van der Waals surface area contributed by atoms with Gasteiger partial charge in [0.05, 0.1) is 17.4 Å². The van der Waals surface area contributed by atoms with E-state index in [0.29, 0.717) is 18.2 Å². The van der Waals surface area contributed by atoms with Crippen molar-refractivity contribution in [3.63, 3.8) is 0 Å². The highest BCUT2D eigenvalue weighted by atomic mass is 32.2. The summed E-state index contributed by atoms with van der Waals surface area (Å²) in [6.45, 7) is 2.79. The highest BCUT2D eigenvalue weighted by molar-refractivity contribution is 7.91. The van der Waals surface area contributed by atoms with E-state index in [1.54, 1.807) is 26.2 Å². The minimum absolute atomic E-state index is 0.133. The molecule has 4 nitrogen and oxygen atoms in total. The molecule has 1 aromatic rings. The summed E-state index contributed by atoms with van der Waals surface area (Å²) in [7, 11) is -1.47. The fourth-order valence-corrected chi connectivity index (χ4v) is 2.16. The van der Waals surface area contributed by atoms with Crippen molar-refractivity contribution in [2.24, 2.45) is 0 Å². The first-order valence-corrected chi connectivity index (χ1v) is 6.76. The molecule has 0 fully saturated rings. The molecule has 0 amide bonds. The summed E-state index contributed by atoms with van der Waals surface area (Å²) in [6.07, 6.45) is 0. The number of nitrogens with one attached hydrogen (secondary N) is 1. The molecule has 1 aromatic carbocycles. The van der Waals surface area contributed by atoms with E-state index in [-0.39, 0.29) is 5.75 Å². The molecule has 0 aliphatic heterocycles. The molecule has 0 bridgehead atoms. The van der Waals surface area contributed by atoms with Gasteiger partial charge in [0.25, 0.3) is 0 Å². The molecule has 0 aromatic heterocycles. The second-order valence-corrected chi connectivity index (χ2v) is 5.69. The molecule has 16 heavy (non-hydrogen) atoms. The minimum Gasteiger partial charge on any atom is -0.370 e. The Kier molecular flexibility index (Phi) is 4.92. The van der Waals surface area contributed by atoms with Crippen LogP contribution in [0.1, 0.15) is 12.5 Å². The third-order valence-corrected chi connectivity index (χ3v) is 3.99. The maximum atomic E-state index is 11.5. The van der Waals surface area contributed by atoms with Crippen molar-refractivity contribution in [3.8, 4) is 0 Å². The van der Waals surface area contributed by atoms with Crippen LogP contribution in [0.4, 0.5) is 0 Å². The van der Waals surface area contributed by atoms with Gasteiger partial charge in [-0.3, -0.25) is 5.32 Å². The second-order valence-electron chi connectivity index (χ2n) is 3.41. The zero-order valence-corrected chi connectivity index (χ0v) is 10.4. The fourth-order valence-electron chi connectivity index (χ4n) is 1.28. The summed E-state index contributed by atoms with van der Waals surface area (Å²) in [6, 6.07) is 6.90. The van der Waals surface area contributed by atoms with Crippen LogP contribution in [0, 0.1) is 0 Å². The van der Waals surface area contributed by atoms with Crippen LogP contribution in [-0.4, -0.2) is 28.0 Å². The van der Waals surface area contributed by atoms with Crippen LogP contribution in [0.5, 0.6) is 0 Å². The van der Waals surface area contributed by atoms with Gasteiger partial charge in [0.15, 0.2) is 9.84 Å². The summed E-state index contributed by atoms with van der Waals surface area (Å²) in [5.74, 6) is 0.133. The first-order chi connectivity index (χ1) is 7.60. The van der Waals surface area contributed by atoms with Gasteiger partial charge in [0, 0.05) is 13.7 Å². The number of methoxy groups -OCH3 is 1. The van der Waals surface area contributed by atoms with Crippen LogP contribution in [0.25, 0.3) is 0 Å². The van der Waals surface area contributed by atoms with E-state index in [2.05, 4.69) is 5.32 Å². The van der Waals surface area contributed by atoms with E-state index in [1.165, 1.54) is 0 Å². The lowest BCUT2D eigenvalue weighted by Gasteiger charge is -2.05. The largest absolute Gasteiger partial charge is 0.370 e. The lowest BCUT2D eigenvalue weighted by Crippen LogP contribution is -2.15. The predicted octanol–water partition coefficient (Wildman–Crippen LogP) is 1.17. The summed E-state index contributed by atoms with van der Waals surface area (Å²) >= 11 is 0. The maximum absolute atomic E-state index is 11.5. The Labute approximate surface area is 96.5 Å². The molecule has 0 saturated carbocycles. The molecule has 90 valence electrons. The van der Waals surface area contributed by atoms with Gasteiger partial charge in [-0.2, -0.15) is 0 Å². The Hall–Kier alpha value is -0.910. The van der Waals surface area contributed by atoms with Gasteiger partial charge in [-0.25, -0.2) is 8.42 Å². The van der Waals surface area contributed by atoms with Crippen molar-refractivity contribution in [3.05, 3.63) is 29.8 Å². The van der Waals surface area contributed by atoms with Crippen molar-refractivity contribution in [2.75, 3.05) is 19.6 Å². The van der Waals surface area contributed by atoms with Crippen molar-refractivity contribution in [1.82, 2.24) is 5.32 Å². The molecule has 0 aliphatic rings. The Balaban J connectivity index is 2.68. The zero-order chi connectivity index (χ0) is 12.0. The quantitative estimate of drug-likeness (QED) is 0.602. The Morgan fingerprint density at radius 2 is 1.88 bits per heavy atom. The zero-order valence-electron chi connectivity index (χ0n) is 9.56. The standard InChI is InChI=1S/C11H17NO3S/c1-3-16(13,14)11-6-4-10(5-7-11)8-12-9-15-2/h4-7,12H,3,8-9H2,1-2H3. The second kappa shape index (κ2) is 5.98. The van der Waals surface area contributed by atoms with E-state index in [0.717, 1.165) is 5.56 Å². The summed E-state index contributed by atoms with van der Waals surface area (Å²) < 4.78 is 27.9. The SMILES string of the molecule is CCS(=O)(=O)c1ccc(CNCOC)cc1. The van der Waals surface area contributed by atoms with Crippen LogP contribution in [-0.2, 0) is 21.1 Å². The lowest BCUT2D eigenvalue weighted by molar-refractivity contribution is 0.174. The topological polar surface area (TPSA) is 55.4 Å². The highest BCUT2D eigenvalue weighted by Crippen LogP contribution is 2.12. The van der Waals surface area contributed by atoms with Gasteiger partial charge >= 0.3 is 0 Å². The minimum atomic E-state index is -3.09. The van der Waals surface area contributed by atoms with Crippen molar-refractivity contribution in [2.45, 2.75) is 18.4 Å². The Morgan fingerprint density at radius 1 is 1.25 bits per heavy atom. The molecular weight excluding hydrogens is 226 g/mol. The van der Waals surface area contributed by atoms with E-state index in [9.17, 15) is 8.42 Å². The molecule has 0 saturated heterocycles. The van der Waals surface area contributed by atoms with Crippen molar-refractivity contribution >= 4 is 9.84 Å². The average Bonchev–Trinajstić information content (AvgIpc) is 2.30. The number of ether oxygens (including phenoxy) is 1.